The number of fused-ring (bicyclic) bond motifs is 1. The van der Waals surface area contributed by atoms with Gasteiger partial charge in [0.05, 0.1) is 11.3 Å². The van der Waals surface area contributed by atoms with Gasteiger partial charge in [0.25, 0.3) is 11.7 Å². The van der Waals surface area contributed by atoms with E-state index in [1.54, 1.807) is 23.1 Å². The zero-order valence-corrected chi connectivity index (χ0v) is 14.1. The molecule has 0 fully saturated rings. The van der Waals surface area contributed by atoms with Crippen LogP contribution in [-0.2, 0) is 4.79 Å². The highest BCUT2D eigenvalue weighted by atomic mass is 79.9. The van der Waals surface area contributed by atoms with Crippen LogP contribution in [0.4, 0.5) is 5.69 Å². The van der Waals surface area contributed by atoms with Crippen molar-refractivity contribution in [3.8, 4) is 0 Å². The highest BCUT2D eigenvalue weighted by Gasteiger charge is 2.38. The Morgan fingerprint density at radius 3 is 2.50 bits per heavy atom. The van der Waals surface area contributed by atoms with Gasteiger partial charge in [-0.1, -0.05) is 48.3 Å². The number of hydrogen-bond acceptors (Lipinski definition) is 2. The first kappa shape index (κ1) is 15.5. The Kier molecular flexibility index (Phi) is 4.26. The maximum absolute atomic E-state index is 12.2. The molecule has 0 saturated heterocycles. The van der Waals surface area contributed by atoms with E-state index in [1.807, 2.05) is 0 Å². The van der Waals surface area contributed by atoms with Crippen LogP contribution >= 0.6 is 27.5 Å². The van der Waals surface area contributed by atoms with Gasteiger partial charge in [0, 0.05) is 16.9 Å². The molecule has 0 radical (unpaired) electrons. The number of anilines is 1. The number of hydrogen-bond donors (Lipinski definition) is 0. The van der Waals surface area contributed by atoms with Gasteiger partial charge in [-0.2, -0.15) is 0 Å². The molecule has 0 spiro atoms. The molecule has 108 valence electrons. The predicted octanol–water partition coefficient (Wildman–Crippen LogP) is 3.93. The Hall–Kier alpha value is -0.870. The predicted molar refractivity (Wildman–Crippen MR) is 84.9 cm³/mol. The monoisotopic (exact) mass is 357 g/mol. The number of benzene rings is 1. The van der Waals surface area contributed by atoms with Gasteiger partial charge in [-0.3, -0.25) is 9.59 Å². The van der Waals surface area contributed by atoms with E-state index in [2.05, 4.69) is 36.7 Å². The average molecular weight is 359 g/mol. The summed E-state index contributed by atoms with van der Waals surface area (Å²) in [7, 11) is 0. The molecule has 0 aromatic heterocycles. The largest absolute Gasteiger partial charge is 0.304 e. The molecular weight excluding hydrogens is 342 g/mol. The minimum atomic E-state index is -0.468. The Labute approximate surface area is 132 Å². The number of nitrogens with zero attached hydrogens (tertiary/aromatic N) is 1. The minimum Gasteiger partial charge on any atom is -0.304 e. The summed E-state index contributed by atoms with van der Waals surface area (Å²) in [5.74, 6) is -0.678. The van der Waals surface area contributed by atoms with E-state index in [9.17, 15) is 9.59 Å². The SMILES string of the molecule is CC(C)(C)C(CBr)CN1C(=O)C(=O)c2cc(Cl)ccc21. The van der Waals surface area contributed by atoms with Crippen LogP contribution in [-0.4, -0.2) is 23.6 Å². The summed E-state index contributed by atoms with van der Waals surface area (Å²) in [5, 5.41) is 1.25. The van der Waals surface area contributed by atoms with Crippen molar-refractivity contribution in [2.75, 3.05) is 16.8 Å². The smallest absolute Gasteiger partial charge is 0.299 e. The summed E-state index contributed by atoms with van der Waals surface area (Å²) in [5.41, 5.74) is 1.12. The summed E-state index contributed by atoms with van der Waals surface area (Å²) >= 11 is 9.40. The van der Waals surface area contributed by atoms with Crippen LogP contribution < -0.4 is 4.90 Å². The van der Waals surface area contributed by atoms with E-state index >= 15 is 0 Å². The number of rotatable bonds is 3. The molecule has 5 heteroatoms. The third-order valence-corrected chi connectivity index (χ3v) is 4.76. The molecular formula is C15H17BrClNO2. The molecule has 0 bridgehead atoms. The average Bonchev–Trinajstić information content (AvgIpc) is 2.58. The lowest BCUT2D eigenvalue weighted by atomic mass is 9.82. The lowest BCUT2D eigenvalue weighted by Crippen LogP contribution is -2.39. The topological polar surface area (TPSA) is 37.4 Å². The number of carbonyl (C=O) groups is 2. The molecule has 0 N–H and O–H groups in total. The second kappa shape index (κ2) is 5.49. The fourth-order valence-corrected chi connectivity index (χ4v) is 3.58. The van der Waals surface area contributed by atoms with Crippen molar-refractivity contribution < 1.29 is 9.59 Å². The van der Waals surface area contributed by atoms with E-state index in [0.29, 0.717) is 22.8 Å². The van der Waals surface area contributed by atoms with Crippen LogP contribution in [0.3, 0.4) is 0 Å². The zero-order chi connectivity index (χ0) is 15.1. The highest BCUT2D eigenvalue weighted by molar-refractivity contribution is 9.09. The van der Waals surface area contributed by atoms with Crippen LogP contribution in [0.5, 0.6) is 0 Å². The van der Waals surface area contributed by atoms with Gasteiger partial charge in [0.15, 0.2) is 0 Å². The first-order chi connectivity index (χ1) is 9.25. The Morgan fingerprint density at radius 2 is 1.95 bits per heavy atom. The number of ketones is 1. The van der Waals surface area contributed by atoms with E-state index in [1.165, 1.54) is 0 Å². The standard InChI is InChI=1S/C15H17BrClNO2/c1-15(2,3)9(7-16)8-18-12-5-4-10(17)6-11(12)13(19)14(18)20/h4-6,9H,7-8H2,1-3H3. The molecule has 1 heterocycles. The van der Waals surface area contributed by atoms with Crippen molar-refractivity contribution in [3.05, 3.63) is 28.8 Å². The first-order valence-electron chi connectivity index (χ1n) is 6.47. The van der Waals surface area contributed by atoms with Crippen LogP contribution in [0, 0.1) is 11.3 Å². The number of Topliss-reactive ketones (excluding diaryl/α,β-unsaturated/α-hetero) is 1. The number of carbonyl (C=O) groups excluding carboxylic acids is 2. The molecule has 1 aromatic rings. The van der Waals surface area contributed by atoms with Crippen LogP contribution in [0.15, 0.2) is 18.2 Å². The summed E-state index contributed by atoms with van der Waals surface area (Å²) in [6.07, 6.45) is 0. The molecule has 3 nitrogen and oxygen atoms in total. The third kappa shape index (κ3) is 2.77. The Balaban J connectivity index is 2.35. The van der Waals surface area contributed by atoms with Gasteiger partial charge in [-0.25, -0.2) is 0 Å². The molecule has 20 heavy (non-hydrogen) atoms. The van der Waals surface area contributed by atoms with E-state index in [4.69, 9.17) is 11.6 Å². The molecule has 1 aliphatic rings. The molecule has 0 saturated carbocycles. The van der Waals surface area contributed by atoms with Gasteiger partial charge in [0.2, 0.25) is 0 Å². The van der Waals surface area contributed by atoms with Gasteiger partial charge < -0.3 is 4.90 Å². The summed E-state index contributed by atoms with van der Waals surface area (Å²) < 4.78 is 0. The van der Waals surface area contributed by atoms with Crippen molar-refractivity contribution in [2.24, 2.45) is 11.3 Å². The van der Waals surface area contributed by atoms with Crippen molar-refractivity contribution in [1.29, 1.82) is 0 Å². The fraction of sp³-hybridized carbons (Fsp3) is 0.467. The third-order valence-electron chi connectivity index (χ3n) is 3.75. The first-order valence-corrected chi connectivity index (χ1v) is 7.97. The lowest BCUT2D eigenvalue weighted by molar-refractivity contribution is -0.114. The normalized spacial score (nSPS) is 16.6. The van der Waals surface area contributed by atoms with Gasteiger partial charge in [0.1, 0.15) is 0 Å². The van der Waals surface area contributed by atoms with Crippen molar-refractivity contribution >= 4 is 44.9 Å². The zero-order valence-electron chi connectivity index (χ0n) is 11.7. The Morgan fingerprint density at radius 1 is 1.30 bits per heavy atom. The summed E-state index contributed by atoms with van der Waals surface area (Å²) in [6, 6.07) is 5.02. The second-order valence-corrected chi connectivity index (χ2v) is 7.21. The molecule has 1 aliphatic heterocycles. The highest BCUT2D eigenvalue weighted by Crippen LogP contribution is 2.35. The Bertz CT molecular complexity index is 565. The molecule has 1 atom stereocenters. The van der Waals surface area contributed by atoms with Crippen LogP contribution in [0.2, 0.25) is 5.02 Å². The van der Waals surface area contributed by atoms with Gasteiger partial charge in [-0.05, 0) is 29.5 Å². The molecule has 2 rings (SSSR count). The van der Waals surface area contributed by atoms with E-state index < -0.39 is 11.7 Å². The summed E-state index contributed by atoms with van der Waals surface area (Å²) in [4.78, 5) is 25.8. The number of amides is 1. The quantitative estimate of drug-likeness (QED) is 0.606. The molecule has 1 unspecified atom stereocenters. The summed E-state index contributed by atoms with van der Waals surface area (Å²) in [6.45, 7) is 6.91. The van der Waals surface area contributed by atoms with Crippen molar-refractivity contribution in [1.82, 2.24) is 0 Å². The fourth-order valence-electron chi connectivity index (χ4n) is 2.23. The molecule has 0 aliphatic carbocycles. The van der Waals surface area contributed by atoms with Crippen LogP contribution in [0.25, 0.3) is 0 Å². The lowest BCUT2D eigenvalue weighted by Gasteiger charge is -2.32. The van der Waals surface area contributed by atoms with Gasteiger partial charge >= 0.3 is 0 Å². The second-order valence-electron chi connectivity index (χ2n) is 6.12. The van der Waals surface area contributed by atoms with Crippen LogP contribution in [0.1, 0.15) is 31.1 Å². The molecule has 1 aromatic carbocycles. The number of alkyl halides is 1. The van der Waals surface area contributed by atoms with Crippen molar-refractivity contribution in [3.63, 3.8) is 0 Å². The minimum absolute atomic E-state index is 0.0437. The maximum atomic E-state index is 12.2. The van der Waals surface area contributed by atoms with E-state index in [0.717, 1.165) is 5.33 Å². The van der Waals surface area contributed by atoms with Gasteiger partial charge in [-0.15, -0.1) is 0 Å². The van der Waals surface area contributed by atoms with E-state index in [-0.39, 0.29) is 11.3 Å². The molecule has 1 amide bonds. The number of halogens is 2. The van der Waals surface area contributed by atoms with Crippen molar-refractivity contribution in [2.45, 2.75) is 20.8 Å². The maximum Gasteiger partial charge on any atom is 0.299 e.